The van der Waals surface area contributed by atoms with Crippen molar-refractivity contribution in [1.82, 2.24) is 10.3 Å². The Bertz CT molecular complexity index is 443. The highest BCUT2D eigenvalue weighted by Crippen LogP contribution is 2.29. The zero-order valence-corrected chi connectivity index (χ0v) is 12.1. The number of nitrogens with two attached hydrogens (primary N) is 1. The summed E-state index contributed by atoms with van der Waals surface area (Å²) >= 11 is 0. The van der Waals surface area contributed by atoms with E-state index in [2.05, 4.69) is 15.6 Å². The summed E-state index contributed by atoms with van der Waals surface area (Å²) in [5.74, 6) is 0.502. The summed E-state index contributed by atoms with van der Waals surface area (Å²) in [4.78, 5) is 15.9. The minimum Gasteiger partial charge on any atom is -0.381 e. The Balaban J connectivity index is 2.04. The maximum Gasteiger partial charge on any atom is 0.269 e. The van der Waals surface area contributed by atoms with E-state index in [1.807, 2.05) is 13.0 Å². The van der Waals surface area contributed by atoms with Crippen LogP contribution < -0.4 is 16.4 Å². The molecule has 0 radical (unpaired) electrons. The lowest BCUT2D eigenvalue weighted by molar-refractivity contribution is 0.0951. The number of carbonyl (C=O) groups excluding carboxylic acids is 1. The molecular weight excluding hydrogens is 252 g/mol. The van der Waals surface area contributed by atoms with Gasteiger partial charge in [-0.25, -0.2) is 0 Å². The summed E-state index contributed by atoms with van der Waals surface area (Å²) in [7, 11) is 0. The Kier molecular flexibility index (Phi) is 5.35. The van der Waals surface area contributed by atoms with E-state index in [4.69, 9.17) is 5.73 Å². The van der Waals surface area contributed by atoms with E-state index in [0.29, 0.717) is 24.7 Å². The molecule has 110 valence electrons. The van der Waals surface area contributed by atoms with E-state index in [9.17, 15) is 4.79 Å². The standard InChI is InChI=1S/C15H24N4O/c1-2-17-15(20)13-9-12(7-8-18-13)19-14(10-16)11-5-3-4-6-11/h7-9,11,14H,2-6,10,16H2,1H3,(H,17,20)(H,18,19). The molecule has 0 spiro atoms. The molecule has 1 unspecified atom stereocenters. The highest BCUT2D eigenvalue weighted by Gasteiger charge is 2.23. The molecule has 1 aliphatic rings. The van der Waals surface area contributed by atoms with Crippen LogP contribution in [0.25, 0.3) is 0 Å². The smallest absolute Gasteiger partial charge is 0.269 e. The number of pyridine rings is 1. The number of nitrogens with zero attached hydrogens (tertiary/aromatic N) is 1. The lowest BCUT2D eigenvalue weighted by Gasteiger charge is -2.24. The van der Waals surface area contributed by atoms with Crippen molar-refractivity contribution in [3.8, 4) is 0 Å². The van der Waals surface area contributed by atoms with E-state index >= 15 is 0 Å². The molecule has 1 saturated carbocycles. The number of hydrogen-bond donors (Lipinski definition) is 3. The van der Waals surface area contributed by atoms with Crippen LogP contribution in [-0.2, 0) is 0 Å². The second-order valence-corrected chi connectivity index (χ2v) is 5.32. The minimum absolute atomic E-state index is 0.138. The van der Waals surface area contributed by atoms with E-state index in [0.717, 1.165) is 5.69 Å². The third-order valence-corrected chi connectivity index (χ3v) is 3.90. The van der Waals surface area contributed by atoms with Gasteiger partial charge in [0.2, 0.25) is 0 Å². The van der Waals surface area contributed by atoms with Gasteiger partial charge in [0.05, 0.1) is 0 Å². The first-order valence-corrected chi connectivity index (χ1v) is 7.45. The number of rotatable bonds is 6. The van der Waals surface area contributed by atoms with Crippen LogP contribution in [0.4, 0.5) is 5.69 Å². The van der Waals surface area contributed by atoms with Crippen LogP contribution in [0.3, 0.4) is 0 Å². The summed E-state index contributed by atoms with van der Waals surface area (Å²) in [6.45, 7) is 3.11. The lowest BCUT2D eigenvalue weighted by Crippen LogP contribution is -2.35. The Morgan fingerprint density at radius 2 is 2.25 bits per heavy atom. The first-order chi connectivity index (χ1) is 9.74. The number of amides is 1. The number of anilines is 1. The Morgan fingerprint density at radius 1 is 1.50 bits per heavy atom. The van der Waals surface area contributed by atoms with Gasteiger partial charge in [0.1, 0.15) is 5.69 Å². The lowest BCUT2D eigenvalue weighted by atomic mass is 9.98. The van der Waals surface area contributed by atoms with Gasteiger partial charge >= 0.3 is 0 Å². The number of carbonyl (C=O) groups is 1. The molecule has 2 rings (SSSR count). The summed E-state index contributed by atoms with van der Waals surface area (Å²) in [5, 5.41) is 6.22. The SMILES string of the molecule is CCNC(=O)c1cc(NC(CN)C2CCCC2)ccn1. The molecule has 20 heavy (non-hydrogen) atoms. The van der Waals surface area contributed by atoms with E-state index in [1.54, 1.807) is 12.3 Å². The second-order valence-electron chi connectivity index (χ2n) is 5.32. The van der Waals surface area contributed by atoms with Gasteiger partial charge in [-0.2, -0.15) is 0 Å². The Morgan fingerprint density at radius 3 is 2.90 bits per heavy atom. The van der Waals surface area contributed by atoms with Crippen molar-refractivity contribution in [3.63, 3.8) is 0 Å². The van der Waals surface area contributed by atoms with Crippen molar-refractivity contribution in [2.45, 2.75) is 38.6 Å². The monoisotopic (exact) mass is 276 g/mol. The minimum atomic E-state index is -0.138. The molecule has 1 fully saturated rings. The average molecular weight is 276 g/mol. The van der Waals surface area contributed by atoms with Gasteiger partial charge in [-0.15, -0.1) is 0 Å². The highest BCUT2D eigenvalue weighted by molar-refractivity contribution is 5.93. The summed E-state index contributed by atoms with van der Waals surface area (Å²) < 4.78 is 0. The molecule has 1 aliphatic carbocycles. The molecule has 5 heteroatoms. The predicted octanol–water partition coefficient (Wildman–Crippen LogP) is 1.76. The van der Waals surface area contributed by atoms with Crippen molar-refractivity contribution < 1.29 is 4.79 Å². The normalized spacial score (nSPS) is 16.9. The zero-order chi connectivity index (χ0) is 14.4. The molecule has 0 aromatic carbocycles. The summed E-state index contributed by atoms with van der Waals surface area (Å²) in [5.41, 5.74) is 7.25. The predicted molar refractivity (Wildman–Crippen MR) is 80.7 cm³/mol. The second kappa shape index (κ2) is 7.24. The molecule has 5 nitrogen and oxygen atoms in total. The van der Waals surface area contributed by atoms with Crippen molar-refractivity contribution in [2.24, 2.45) is 11.7 Å². The Labute approximate surface area is 120 Å². The average Bonchev–Trinajstić information content (AvgIpc) is 2.99. The van der Waals surface area contributed by atoms with Gasteiger partial charge in [0.25, 0.3) is 5.91 Å². The van der Waals surface area contributed by atoms with E-state index < -0.39 is 0 Å². The fraction of sp³-hybridized carbons (Fsp3) is 0.600. The van der Waals surface area contributed by atoms with Crippen LogP contribution in [-0.4, -0.2) is 30.0 Å². The maximum absolute atomic E-state index is 11.8. The molecule has 1 aromatic heterocycles. The fourth-order valence-corrected chi connectivity index (χ4v) is 2.84. The molecule has 1 atom stereocenters. The van der Waals surface area contributed by atoms with Gasteiger partial charge in [-0.3, -0.25) is 9.78 Å². The van der Waals surface area contributed by atoms with Crippen molar-refractivity contribution in [1.29, 1.82) is 0 Å². The summed E-state index contributed by atoms with van der Waals surface area (Å²) in [6.07, 6.45) is 6.73. The molecule has 1 aromatic rings. The summed E-state index contributed by atoms with van der Waals surface area (Å²) in [6, 6.07) is 3.96. The highest BCUT2D eigenvalue weighted by atomic mass is 16.1. The topological polar surface area (TPSA) is 80.0 Å². The van der Waals surface area contributed by atoms with Crippen LogP contribution in [0.15, 0.2) is 18.3 Å². The number of hydrogen-bond acceptors (Lipinski definition) is 4. The van der Waals surface area contributed by atoms with Crippen LogP contribution in [0.2, 0.25) is 0 Å². The largest absolute Gasteiger partial charge is 0.381 e. The zero-order valence-electron chi connectivity index (χ0n) is 12.1. The quantitative estimate of drug-likeness (QED) is 0.739. The van der Waals surface area contributed by atoms with Crippen LogP contribution >= 0.6 is 0 Å². The maximum atomic E-state index is 11.8. The fourth-order valence-electron chi connectivity index (χ4n) is 2.84. The van der Waals surface area contributed by atoms with Gasteiger partial charge in [-0.05, 0) is 37.8 Å². The Hall–Kier alpha value is -1.62. The van der Waals surface area contributed by atoms with Crippen molar-refractivity contribution in [3.05, 3.63) is 24.0 Å². The first kappa shape index (κ1) is 14.8. The van der Waals surface area contributed by atoms with E-state index in [-0.39, 0.29) is 11.9 Å². The van der Waals surface area contributed by atoms with Crippen LogP contribution in [0.1, 0.15) is 43.1 Å². The molecule has 1 heterocycles. The molecule has 0 bridgehead atoms. The molecule has 0 saturated heterocycles. The molecular formula is C15H24N4O. The number of nitrogens with one attached hydrogen (secondary N) is 2. The van der Waals surface area contributed by atoms with Gasteiger partial charge in [0, 0.05) is 31.0 Å². The van der Waals surface area contributed by atoms with Crippen LogP contribution in [0.5, 0.6) is 0 Å². The van der Waals surface area contributed by atoms with Gasteiger partial charge < -0.3 is 16.4 Å². The van der Waals surface area contributed by atoms with Crippen molar-refractivity contribution in [2.75, 3.05) is 18.4 Å². The van der Waals surface area contributed by atoms with Gasteiger partial charge in [0.15, 0.2) is 0 Å². The van der Waals surface area contributed by atoms with Gasteiger partial charge in [-0.1, -0.05) is 12.8 Å². The van der Waals surface area contributed by atoms with E-state index in [1.165, 1.54) is 25.7 Å². The molecule has 4 N–H and O–H groups in total. The van der Waals surface area contributed by atoms with Crippen LogP contribution in [0, 0.1) is 5.92 Å². The third-order valence-electron chi connectivity index (χ3n) is 3.90. The first-order valence-electron chi connectivity index (χ1n) is 7.45. The third kappa shape index (κ3) is 3.70. The molecule has 1 amide bonds. The molecule has 0 aliphatic heterocycles. The number of aromatic nitrogens is 1. The van der Waals surface area contributed by atoms with Crippen molar-refractivity contribution >= 4 is 11.6 Å².